The fourth-order valence-electron chi connectivity index (χ4n) is 3.16. The standard InChI is InChI=1S/C23H27ClN4O3S/c1-14(2)28-22(16(4)31-19-8-6-7-18(12-19)30-5)26-27-23(28)32-13-21(29)25-20-10-9-17(24)11-15(20)3/h6-12,14,16H,13H2,1-5H3,(H,25,29). The number of rotatable bonds is 9. The Morgan fingerprint density at radius 2 is 1.91 bits per heavy atom. The molecule has 1 aromatic heterocycles. The lowest BCUT2D eigenvalue weighted by atomic mass is 10.2. The van der Waals surface area contributed by atoms with E-state index in [2.05, 4.69) is 15.5 Å². The van der Waals surface area contributed by atoms with E-state index in [1.165, 1.54) is 11.8 Å². The van der Waals surface area contributed by atoms with Crippen molar-refractivity contribution in [3.8, 4) is 11.5 Å². The highest BCUT2D eigenvalue weighted by molar-refractivity contribution is 7.99. The minimum atomic E-state index is -0.336. The number of methoxy groups -OCH3 is 1. The van der Waals surface area contributed by atoms with E-state index in [0.29, 0.717) is 21.8 Å². The second-order valence-electron chi connectivity index (χ2n) is 7.54. The number of thioether (sulfide) groups is 1. The summed E-state index contributed by atoms with van der Waals surface area (Å²) in [6.07, 6.45) is -0.336. The van der Waals surface area contributed by atoms with E-state index in [0.717, 1.165) is 17.0 Å². The summed E-state index contributed by atoms with van der Waals surface area (Å²) < 4.78 is 13.3. The Bertz CT molecular complexity index is 1090. The molecule has 1 unspecified atom stereocenters. The summed E-state index contributed by atoms with van der Waals surface area (Å²) >= 11 is 7.32. The fourth-order valence-corrected chi connectivity index (χ4v) is 4.27. The zero-order valence-corrected chi connectivity index (χ0v) is 20.3. The number of benzene rings is 2. The smallest absolute Gasteiger partial charge is 0.234 e. The van der Waals surface area contributed by atoms with Gasteiger partial charge in [0.15, 0.2) is 17.1 Å². The Balaban J connectivity index is 1.69. The molecule has 1 heterocycles. The van der Waals surface area contributed by atoms with Crippen LogP contribution in [0.15, 0.2) is 47.6 Å². The van der Waals surface area contributed by atoms with E-state index in [1.807, 2.05) is 62.6 Å². The number of hydrogen-bond donors (Lipinski definition) is 1. The number of carbonyl (C=O) groups is 1. The van der Waals surface area contributed by atoms with Gasteiger partial charge in [-0.25, -0.2) is 0 Å². The van der Waals surface area contributed by atoms with Crippen molar-refractivity contribution in [2.75, 3.05) is 18.2 Å². The largest absolute Gasteiger partial charge is 0.497 e. The molecule has 0 aliphatic heterocycles. The second kappa shape index (κ2) is 10.7. The van der Waals surface area contributed by atoms with Gasteiger partial charge in [-0.3, -0.25) is 4.79 Å². The first-order chi connectivity index (χ1) is 15.3. The first-order valence-electron chi connectivity index (χ1n) is 10.2. The van der Waals surface area contributed by atoms with Gasteiger partial charge in [0.05, 0.1) is 12.9 Å². The van der Waals surface area contributed by atoms with E-state index in [4.69, 9.17) is 21.1 Å². The van der Waals surface area contributed by atoms with Gasteiger partial charge in [0, 0.05) is 22.8 Å². The lowest BCUT2D eigenvalue weighted by molar-refractivity contribution is -0.113. The number of aryl methyl sites for hydroxylation is 1. The molecule has 0 aliphatic rings. The second-order valence-corrected chi connectivity index (χ2v) is 8.92. The number of aromatic nitrogens is 3. The number of anilines is 1. The topological polar surface area (TPSA) is 78.3 Å². The van der Waals surface area contributed by atoms with Crippen molar-refractivity contribution in [3.63, 3.8) is 0 Å². The van der Waals surface area contributed by atoms with Crippen molar-refractivity contribution in [1.29, 1.82) is 0 Å². The number of nitrogens with one attached hydrogen (secondary N) is 1. The van der Waals surface area contributed by atoms with Crippen molar-refractivity contribution >= 4 is 35.0 Å². The van der Waals surface area contributed by atoms with Crippen molar-refractivity contribution in [1.82, 2.24) is 14.8 Å². The van der Waals surface area contributed by atoms with Crippen molar-refractivity contribution < 1.29 is 14.3 Å². The van der Waals surface area contributed by atoms with Crippen LogP contribution in [-0.4, -0.2) is 33.5 Å². The first-order valence-corrected chi connectivity index (χ1v) is 11.6. The molecule has 3 aromatic rings. The highest BCUT2D eigenvalue weighted by atomic mass is 35.5. The molecule has 7 nitrogen and oxygen atoms in total. The van der Waals surface area contributed by atoms with Crippen LogP contribution in [0.25, 0.3) is 0 Å². The molecule has 2 aromatic carbocycles. The summed E-state index contributed by atoms with van der Waals surface area (Å²) in [5.41, 5.74) is 1.65. The summed E-state index contributed by atoms with van der Waals surface area (Å²) in [5.74, 6) is 2.18. The number of hydrogen-bond acceptors (Lipinski definition) is 6. The molecule has 1 N–H and O–H groups in total. The molecular weight excluding hydrogens is 448 g/mol. The fraction of sp³-hybridized carbons (Fsp3) is 0.348. The SMILES string of the molecule is COc1cccc(OC(C)c2nnc(SCC(=O)Nc3ccc(Cl)cc3C)n2C(C)C)c1. The predicted octanol–water partition coefficient (Wildman–Crippen LogP) is 5.70. The van der Waals surface area contributed by atoms with Crippen molar-refractivity contribution in [3.05, 3.63) is 58.9 Å². The molecule has 3 rings (SSSR count). The molecule has 0 radical (unpaired) electrons. The summed E-state index contributed by atoms with van der Waals surface area (Å²) in [6, 6.07) is 12.9. The van der Waals surface area contributed by atoms with Crippen LogP contribution in [-0.2, 0) is 4.79 Å². The van der Waals surface area contributed by atoms with Gasteiger partial charge in [0.25, 0.3) is 0 Å². The highest BCUT2D eigenvalue weighted by Crippen LogP contribution is 2.29. The van der Waals surface area contributed by atoms with E-state index >= 15 is 0 Å². The van der Waals surface area contributed by atoms with Crippen LogP contribution in [0, 0.1) is 6.92 Å². The summed E-state index contributed by atoms with van der Waals surface area (Å²) in [5, 5.41) is 12.9. The number of carbonyl (C=O) groups excluding carboxylic acids is 1. The van der Waals surface area contributed by atoms with E-state index < -0.39 is 0 Å². The summed E-state index contributed by atoms with van der Waals surface area (Å²) in [4.78, 5) is 12.5. The van der Waals surface area contributed by atoms with E-state index in [9.17, 15) is 4.79 Å². The highest BCUT2D eigenvalue weighted by Gasteiger charge is 2.22. The molecule has 0 fully saturated rings. The van der Waals surface area contributed by atoms with Crippen LogP contribution in [0.2, 0.25) is 5.02 Å². The Kier molecular flexibility index (Phi) is 8.04. The van der Waals surface area contributed by atoms with Crippen LogP contribution in [0.1, 0.15) is 44.3 Å². The van der Waals surface area contributed by atoms with Gasteiger partial charge in [-0.1, -0.05) is 29.4 Å². The van der Waals surface area contributed by atoms with Gasteiger partial charge in [-0.05, 0) is 63.6 Å². The number of halogens is 1. The minimum absolute atomic E-state index is 0.0976. The molecular formula is C23H27ClN4O3S. The molecule has 32 heavy (non-hydrogen) atoms. The third kappa shape index (κ3) is 5.95. The molecule has 0 spiro atoms. The molecule has 0 saturated carbocycles. The average molecular weight is 475 g/mol. The third-order valence-corrected chi connectivity index (χ3v) is 5.90. The van der Waals surface area contributed by atoms with Crippen LogP contribution < -0.4 is 14.8 Å². The van der Waals surface area contributed by atoms with Gasteiger partial charge < -0.3 is 19.4 Å². The maximum atomic E-state index is 12.5. The average Bonchev–Trinajstić information content (AvgIpc) is 3.19. The quantitative estimate of drug-likeness (QED) is 0.401. The van der Waals surface area contributed by atoms with Gasteiger partial charge in [0.1, 0.15) is 11.5 Å². The van der Waals surface area contributed by atoms with Crippen molar-refractivity contribution in [2.24, 2.45) is 0 Å². The summed E-state index contributed by atoms with van der Waals surface area (Å²) in [7, 11) is 1.62. The molecule has 0 aliphatic carbocycles. The molecule has 0 saturated heterocycles. The lowest BCUT2D eigenvalue weighted by Crippen LogP contribution is -2.17. The Morgan fingerprint density at radius 3 is 2.59 bits per heavy atom. The van der Waals surface area contributed by atoms with Crippen LogP contribution in [0.3, 0.4) is 0 Å². The lowest BCUT2D eigenvalue weighted by Gasteiger charge is -2.19. The zero-order chi connectivity index (χ0) is 23.3. The van der Waals surface area contributed by atoms with Crippen LogP contribution in [0.5, 0.6) is 11.5 Å². The molecule has 0 bridgehead atoms. The molecule has 9 heteroatoms. The normalized spacial score (nSPS) is 12.0. The van der Waals surface area contributed by atoms with Gasteiger partial charge in [0.2, 0.25) is 5.91 Å². The summed E-state index contributed by atoms with van der Waals surface area (Å²) in [6.45, 7) is 7.92. The van der Waals surface area contributed by atoms with Crippen LogP contribution >= 0.6 is 23.4 Å². The third-order valence-electron chi connectivity index (χ3n) is 4.72. The monoisotopic (exact) mass is 474 g/mol. The maximum absolute atomic E-state index is 12.5. The van der Waals surface area contributed by atoms with Crippen LogP contribution in [0.4, 0.5) is 5.69 Å². The van der Waals surface area contributed by atoms with Gasteiger partial charge >= 0.3 is 0 Å². The maximum Gasteiger partial charge on any atom is 0.234 e. The minimum Gasteiger partial charge on any atom is -0.497 e. The Hall–Kier alpha value is -2.71. The van der Waals surface area contributed by atoms with E-state index in [-0.39, 0.29) is 23.8 Å². The zero-order valence-electron chi connectivity index (χ0n) is 18.8. The van der Waals surface area contributed by atoms with Gasteiger partial charge in [-0.2, -0.15) is 0 Å². The van der Waals surface area contributed by atoms with Gasteiger partial charge in [-0.15, -0.1) is 10.2 Å². The number of nitrogens with zero attached hydrogens (tertiary/aromatic N) is 3. The molecule has 1 atom stereocenters. The number of ether oxygens (including phenoxy) is 2. The number of amides is 1. The predicted molar refractivity (Wildman–Crippen MR) is 128 cm³/mol. The first kappa shape index (κ1) is 23.9. The molecule has 1 amide bonds. The van der Waals surface area contributed by atoms with E-state index in [1.54, 1.807) is 19.2 Å². The van der Waals surface area contributed by atoms with Crippen molar-refractivity contribution in [2.45, 2.75) is 45.0 Å². The Morgan fingerprint density at radius 1 is 1.16 bits per heavy atom. The Labute approximate surface area is 197 Å². The molecule has 170 valence electrons.